The van der Waals surface area contributed by atoms with E-state index in [9.17, 15) is 0 Å². The fourth-order valence-electron chi connectivity index (χ4n) is 2.80. The molecule has 1 unspecified atom stereocenters. The van der Waals surface area contributed by atoms with Gasteiger partial charge in [-0.25, -0.2) is 9.67 Å². The van der Waals surface area contributed by atoms with Crippen LogP contribution < -0.4 is 5.32 Å². The van der Waals surface area contributed by atoms with E-state index in [2.05, 4.69) is 39.4 Å². The summed E-state index contributed by atoms with van der Waals surface area (Å²) < 4.78 is 12.9. The molecule has 0 fully saturated rings. The molecule has 24 heavy (non-hydrogen) atoms. The number of hydrogen-bond donors (Lipinski definition) is 1. The number of furan rings is 1. The van der Waals surface area contributed by atoms with Crippen LogP contribution in [0.25, 0.3) is 11.7 Å². The lowest BCUT2D eigenvalue weighted by molar-refractivity contribution is 0.341. The normalized spacial score (nSPS) is 17.4. The van der Waals surface area contributed by atoms with E-state index in [0.29, 0.717) is 36.0 Å². The highest BCUT2D eigenvalue weighted by Gasteiger charge is 2.22. The van der Waals surface area contributed by atoms with Gasteiger partial charge in [0.15, 0.2) is 11.6 Å². The van der Waals surface area contributed by atoms with Crippen LogP contribution in [-0.2, 0) is 19.5 Å². The van der Waals surface area contributed by atoms with E-state index in [0.717, 1.165) is 31.0 Å². The molecular formula is C16H20N6O2. The van der Waals surface area contributed by atoms with Crippen LogP contribution in [0.5, 0.6) is 0 Å². The van der Waals surface area contributed by atoms with Crippen LogP contribution in [0.15, 0.2) is 27.2 Å². The predicted molar refractivity (Wildman–Crippen MR) is 85.1 cm³/mol. The molecule has 0 saturated heterocycles. The SMILES string of the molecule is CC(C)c1nc2n(n1)CC(NCc1nnc(-c3ccco3)o1)CC2. The summed E-state index contributed by atoms with van der Waals surface area (Å²) >= 11 is 0. The lowest BCUT2D eigenvalue weighted by Gasteiger charge is -2.22. The fourth-order valence-corrected chi connectivity index (χ4v) is 2.80. The minimum Gasteiger partial charge on any atom is -0.459 e. The fraction of sp³-hybridized carbons (Fsp3) is 0.500. The standard InChI is InChI=1S/C16H20N6O2/c1-10(2)15-18-13-6-5-11(9-22(13)21-15)17-8-14-19-20-16(24-14)12-4-3-7-23-12/h3-4,7,10-11,17H,5-6,8-9H2,1-2H3. The van der Waals surface area contributed by atoms with Gasteiger partial charge in [-0.05, 0) is 18.6 Å². The zero-order valence-corrected chi connectivity index (χ0v) is 13.8. The molecule has 3 aromatic heterocycles. The van der Waals surface area contributed by atoms with E-state index in [4.69, 9.17) is 8.83 Å². The molecule has 0 amide bonds. The second kappa shape index (κ2) is 6.20. The highest BCUT2D eigenvalue weighted by molar-refractivity contribution is 5.42. The van der Waals surface area contributed by atoms with Gasteiger partial charge in [-0.3, -0.25) is 0 Å². The van der Waals surface area contributed by atoms with E-state index in [1.165, 1.54) is 0 Å². The zero-order valence-electron chi connectivity index (χ0n) is 13.8. The Morgan fingerprint density at radius 2 is 2.29 bits per heavy atom. The largest absolute Gasteiger partial charge is 0.459 e. The highest BCUT2D eigenvalue weighted by atomic mass is 16.4. The Morgan fingerprint density at radius 3 is 3.08 bits per heavy atom. The van der Waals surface area contributed by atoms with Crippen molar-refractivity contribution in [2.75, 3.05) is 0 Å². The number of rotatable bonds is 5. The molecule has 4 rings (SSSR count). The van der Waals surface area contributed by atoms with Crippen molar-refractivity contribution < 1.29 is 8.83 Å². The van der Waals surface area contributed by atoms with E-state index >= 15 is 0 Å². The lowest BCUT2D eigenvalue weighted by Crippen LogP contribution is -2.37. The van der Waals surface area contributed by atoms with Crippen LogP contribution in [-0.4, -0.2) is 31.0 Å². The van der Waals surface area contributed by atoms with Gasteiger partial charge in [0.05, 0.1) is 19.4 Å². The van der Waals surface area contributed by atoms with E-state index in [1.807, 2.05) is 4.68 Å². The molecule has 126 valence electrons. The summed E-state index contributed by atoms with van der Waals surface area (Å²) in [6.45, 7) is 5.57. The van der Waals surface area contributed by atoms with Crippen LogP contribution in [0.2, 0.25) is 0 Å². The molecule has 0 spiro atoms. The van der Waals surface area contributed by atoms with Gasteiger partial charge in [0.25, 0.3) is 5.89 Å². The Balaban J connectivity index is 1.37. The average molecular weight is 328 g/mol. The van der Waals surface area contributed by atoms with Crippen molar-refractivity contribution in [2.24, 2.45) is 0 Å². The Labute approximate surface area is 139 Å². The van der Waals surface area contributed by atoms with Crippen molar-refractivity contribution in [1.82, 2.24) is 30.3 Å². The first kappa shape index (κ1) is 15.1. The molecule has 0 aromatic carbocycles. The average Bonchev–Trinajstić information content (AvgIpc) is 3.30. The van der Waals surface area contributed by atoms with E-state index in [1.54, 1.807) is 18.4 Å². The second-order valence-electron chi connectivity index (χ2n) is 6.32. The molecule has 8 heteroatoms. The van der Waals surface area contributed by atoms with Crippen LogP contribution in [0, 0.1) is 0 Å². The first-order chi connectivity index (χ1) is 11.7. The van der Waals surface area contributed by atoms with Gasteiger partial charge in [-0.1, -0.05) is 13.8 Å². The number of hydrogen-bond acceptors (Lipinski definition) is 7. The molecule has 1 N–H and O–H groups in total. The van der Waals surface area contributed by atoms with Crippen molar-refractivity contribution >= 4 is 0 Å². The quantitative estimate of drug-likeness (QED) is 0.766. The maximum atomic E-state index is 5.61. The van der Waals surface area contributed by atoms with E-state index < -0.39 is 0 Å². The summed E-state index contributed by atoms with van der Waals surface area (Å²) in [7, 11) is 0. The van der Waals surface area contributed by atoms with Crippen molar-refractivity contribution in [3.63, 3.8) is 0 Å². The molecule has 1 atom stereocenters. The minimum atomic E-state index is 0.318. The van der Waals surface area contributed by atoms with Gasteiger partial charge >= 0.3 is 0 Å². The number of nitrogens with one attached hydrogen (secondary N) is 1. The van der Waals surface area contributed by atoms with Crippen LogP contribution in [0.3, 0.4) is 0 Å². The molecule has 4 heterocycles. The van der Waals surface area contributed by atoms with Gasteiger partial charge in [-0.15, -0.1) is 10.2 Å². The molecule has 1 aliphatic rings. The number of aromatic nitrogens is 5. The Bertz CT molecular complexity index is 805. The van der Waals surface area contributed by atoms with Gasteiger partial charge in [0.2, 0.25) is 5.89 Å². The Kier molecular flexibility index (Phi) is 3.89. The number of aryl methyl sites for hydroxylation is 1. The predicted octanol–water partition coefficient (Wildman–Crippen LogP) is 2.15. The van der Waals surface area contributed by atoms with Crippen LogP contribution >= 0.6 is 0 Å². The summed E-state index contributed by atoms with van der Waals surface area (Å²) in [6, 6.07) is 3.91. The summed E-state index contributed by atoms with van der Waals surface area (Å²) in [5.74, 6) is 3.89. The summed E-state index contributed by atoms with van der Waals surface area (Å²) in [5, 5.41) is 16.1. The Hall–Kier alpha value is -2.48. The molecule has 0 radical (unpaired) electrons. The Morgan fingerprint density at radius 1 is 1.38 bits per heavy atom. The monoisotopic (exact) mass is 328 g/mol. The third kappa shape index (κ3) is 2.96. The first-order valence-electron chi connectivity index (χ1n) is 8.22. The number of nitrogens with zero attached hydrogens (tertiary/aromatic N) is 5. The topological polar surface area (TPSA) is 94.8 Å². The smallest absolute Gasteiger partial charge is 0.283 e. The van der Waals surface area contributed by atoms with Crippen molar-refractivity contribution in [2.45, 2.75) is 51.7 Å². The lowest BCUT2D eigenvalue weighted by atomic mass is 10.1. The van der Waals surface area contributed by atoms with Gasteiger partial charge in [-0.2, -0.15) is 5.10 Å². The summed E-state index contributed by atoms with van der Waals surface area (Å²) in [5.41, 5.74) is 0. The summed E-state index contributed by atoms with van der Waals surface area (Å²) in [6.07, 6.45) is 3.54. The maximum absolute atomic E-state index is 5.61. The third-order valence-electron chi connectivity index (χ3n) is 4.13. The maximum Gasteiger partial charge on any atom is 0.283 e. The second-order valence-corrected chi connectivity index (χ2v) is 6.32. The zero-order chi connectivity index (χ0) is 16.5. The van der Waals surface area contributed by atoms with Gasteiger partial charge in [0, 0.05) is 18.4 Å². The van der Waals surface area contributed by atoms with Crippen molar-refractivity contribution in [3.05, 3.63) is 35.9 Å². The van der Waals surface area contributed by atoms with E-state index in [-0.39, 0.29) is 0 Å². The van der Waals surface area contributed by atoms with Gasteiger partial charge in [0.1, 0.15) is 5.82 Å². The summed E-state index contributed by atoms with van der Waals surface area (Å²) in [4.78, 5) is 4.61. The van der Waals surface area contributed by atoms with Crippen LogP contribution in [0.1, 0.15) is 43.7 Å². The first-order valence-corrected chi connectivity index (χ1v) is 8.22. The van der Waals surface area contributed by atoms with Crippen LogP contribution in [0.4, 0.5) is 0 Å². The molecule has 1 aliphatic heterocycles. The highest BCUT2D eigenvalue weighted by Crippen LogP contribution is 2.19. The van der Waals surface area contributed by atoms with Gasteiger partial charge < -0.3 is 14.2 Å². The molecule has 0 bridgehead atoms. The molecule has 0 aliphatic carbocycles. The molecule has 3 aromatic rings. The molecule has 8 nitrogen and oxygen atoms in total. The van der Waals surface area contributed by atoms with Crippen molar-refractivity contribution in [3.8, 4) is 11.7 Å². The molecule has 0 saturated carbocycles. The molecular weight excluding hydrogens is 308 g/mol. The number of fused-ring (bicyclic) bond motifs is 1. The van der Waals surface area contributed by atoms with Crippen molar-refractivity contribution in [1.29, 1.82) is 0 Å². The minimum absolute atomic E-state index is 0.318. The third-order valence-corrected chi connectivity index (χ3v) is 4.13.